The maximum Gasteiger partial charge on any atom is 0.324 e. The van der Waals surface area contributed by atoms with Crippen LogP contribution in [0.2, 0.25) is 0 Å². The lowest BCUT2D eigenvalue weighted by Crippen LogP contribution is -2.44. The van der Waals surface area contributed by atoms with E-state index in [1.807, 2.05) is 32.6 Å². The van der Waals surface area contributed by atoms with Gasteiger partial charge in [-0.2, -0.15) is 4.98 Å². The van der Waals surface area contributed by atoms with Gasteiger partial charge >= 0.3 is 6.03 Å². The molecule has 0 bridgehead atoms. The Labute approximate surface area is 243 Å². The molecule has 0 spiro atoms. The molecule has 2 aromatic heterocycles. The molecule has 2 aliphatic rings. The van der Waals surface area contributed by atoms with Crippen LogP contribution in [0.25, 0.3) is 11.3 Å². The molecule has 0 saturated carbocycles. The number of hydrogen-bond donors (Lipinski definition) is 2. The number of rotatable bonds is 6. The highest BCUT2D eigenvalue weighted by molar-refractivity contribution is 6.03. The fourth-order valence-corrected chi connectivity index (χ4v) is 4.95. The SMILES string of the molecule is CCN1CC(C)(C)Oc2nc(N3CCOCC3C)nc(-c3ccc(NC(=O)Nc4cc(OC)ccn4)cc3F)c2C1=O. The maximum atomic E-state index is 15.8. The average molecular weight is 580 g/mol. The van der Waals surface area contributed by atoms with Gasteiger partial charge in [-0.25, -0.2) is 19.2 Å². The summed E-state index contributed by atoms with van der Waals surface area (Å²) in [4.78, 5) is 43.4. The Hall–Kier alpha value is -4.52. The highest BCUT2D eigenvalue weighted by atomic mass is 19.1. The standard InChI is InChI=1S/C29H34FN7O5/c1-6-36-16-29(3,4)42-25-23(26(36)38)24(34-27(35-25)37-11-12-41-15-17(37)2)20-8-7-18(13-21(20)30)32-28(39)33-22-14-19(40-5)9-10-31-22/h7-10,13-14,17H,6,11-12,15-16H2,1-5H3,(H2,31,32,33,39). The second-order valence-electron chi connectivity index (χ2n) is 10.7. The second-order valence-corrected chi connectivity index (χ2v) is 10.7. The molecule has 3 amide bonds. The number of amides is 3. The summed E-state index contributed by atoms with van der Waals surface area (Å²) >= 11 is 0. The number of carbonyl (C=O) groups is 2. The van der Waals surface area contributed by atoms with Crippen LogP contribution in [0.4, 0.5) is 26.6 Å². The number of ether oxygens (including phenoxy) is 3. The van der Waals surface area contributed by atoms with E-state index in [-0.39, 0.29) is 46.2 Å². The molecule has 4 heterocycles. The Kier molecular flexibility index (Phi) is 8.12. The smallest absolute Gasteiger partial charge is 0.324 e. The lowest BCUT2D eigenvalue weighted by atomic mass is 10.0. The van der Waals surface area contributed by atoms with Crippen LogP contribution in [-0.2, 0) is 4.74 Å². The van der Waals surface area contributed by atoms with E-state index in [4.69, 9.17) is 19.2 Å². The normalized spacial score (nSPS) is 18.0. The first-order valence-electron chi connectivity index (χ1n) is 13.7. The molecule has 2 N–H and O–H groups in total. The van der Waals surface area contributed by atoms with Crippen molar-refractivity contribution < 1.29 is 28.2 Å². The van der Waals surface area contributed by atoms with E-state index in [9.17, 15) is 9.59 Å². The van der Waals surface area contributed by atoms with Gasteiger partial charge in [0.2, 0.25) is 11.8 Å². The third-order valence-electron chi connectivity index (χ3n) is 7.01. The number of likely N-dealkylation sites (N-methyl/N-ethyl adjacent to an activating group) is 1. The molecule has 222 valence electrons. The highest BCUT2D eigenvalue weighted by Gasteiger charge is 2.38. The van der Waals surface area contributed by atoms with Crippen molar-refractivity contribution in [2.75, 3.05) is 55.5 Å². The fraction of sp³-hybridized carbons (Fsp3) is 0.414. The summed E-state index contributed by atoms with van der Waals surface area (Å²) in [5, 5.41) is 5.18. The number of fused-ring (bicyclic) bond motifs is 1. The van der Waals surface area contributed by atoms with Gasteiger partial charge in [0.05, 0.1) is 38.6 Å². The van der Waals surface area contributed by atoms with Gasteiger partial charge in [0.1, 0.15) is 28.5 Å². The van der Waals surface area contributed by atoms with E-state index in [1.165, 1.54) is 31.5 Å². The zero-order valence-electron chi connectivity index (χ0n) is 24.2. The second kappa shape index (κ2) is 11.8. The first kappa shape index (κ1) is 29.0. The number of halogens is 1. The first-order valence-corrected chi connectivity index (χ1v) is 13.7. The molecule has 1 saturated heterocycles. The van der Waals surface area contributed by atoms with Gasteiger partial charge in [0, 0.05) is 36.6 Å². The van der Waals surface area contributed by atoms with Crippen LogP contribution in [0.3, 0.4) is 0 Å². The Morgan fingerprint density at radius 1 is 1.21 bits per heavy atom. The molecule has 1 unspecified atom stereocenters. The van der Waals surface area contributed by atoms with Gasteiger partial charge in [0.15, 0.2) is 0 Å². The number of methoxy groups -OCH3 is 1. The molecule has 3 aromatic rings. The van der Waals surface area contributed by atoms with E-state index in [0.29, 0.717) is 44.5 Å². The third-order valence-corrected chi connectivity index (χ3v) is 7.01. The predicted octanol–water partition coefficient (Wildman–Crippen LogP) is 4.19. The molecule has 1 fully saturated rings. The number of urea groups is 1. The summed E-state index contributed by atoms with van der Waals surface area (Å²) in [6, 6.07) is 6.72. The third kappa shape index (κ3) is 6.05. The van der Waals surface area contributed by atoms with E-state index in [2.05, 4.69) is 20.6 Å². The van der Waals surface area contributed by atoms with Crippen LogP contribution >= 0.6 is 0 Å². The van der Waals surface area contributed by atoms with Crippen molar-refractivity contribution in [3.63, 3.8) is 0 Å². The number of anilines is 3. The molecule has 1 atom stereocenters. The predicted molar refractivity (Wildman–Crippen MR) is 155 cm³/mol. The van der Waals surface area contributed by atoms with E-state index >= 15 is 4.39 Å². The van der Waals surface area contributed by atoms with E-state index in [0.717, 1.165) is 0 Å². The topological polar surface area (TPSA) is 131 Å². The van der Waals surface area contributed by atoms with Gasteiger partial charge in [-0.15, -0.1) is 0 Å². The summed E-state index contributed by atoms with van der Waals surface area (Å²) in [6.07, 6.45) is 1.49. The van der Waals surface area contributed by atoms with Crippen LogP contribution in [0.1, 0.15) is 38.1 Å². The molecule has 2 aliphatic heterocycles. The van der Waals surface area contributed by atoms with Crippen molar-refractivity contribution in [1.82, 2.24) is 19.9 Å². The minimum atomic E-state index is -0.742. The van der Waals surface area contributed by atoms with Crippen molar-refractivity contribution in [2.45, 2.75) is 39.3 Å². The quantitative estimate of drug-likeness (QED) is 0.441. The molecule has 1 aromatic carbocycles. The first-order chi connectivity index (χ1) is 20.1. The number of nitrogens with one attached hydrogen (secondary N) is 2. The number of hydrogen-bond acceptors (Lipinski definition) is 9. The van der Waals surface area contributed by atoms with Crippen molar-refractivity contribution in [2.24, 2.45) is 0 Å². The molecular formula is C29H34FN7O5. The molecule has 0 aliphatic carbocycles. The number of benzene rings is 1. The number of nitrogens with zero attached hydrogens (tertiary/aromatic N) is 5. The molecular weight excluding hydrogens is 545 g/mol. The Balaban J connectivity index is 1.52. The molecule has 0 radical (unpaired) electrons. The summed E-state index contributed by atoms with van der Waals surface area (Å²) in [5.74, 6) is 0.176. The van der Waals surface area contributed by atoms with Crippen LogP contribution in [0.5, 0.6) is 11.6 Å². The van der Waals surface area contributed by atoms with Gasteiger partial charge in [0.25, 0.3) is 5.91 Å². The van der Waals surface area contributed by atoms with Crippen molar-refractivity contribution in [3.8, 4) is 22.9 Å². The number of aromatic nitrogens is 3. The minimum Gasteiger partial charge on any atom is -0.497 e. The lowest BCUT2D eigenvalue weighted by molar-refractivity contribution is 0.0541. The largest absolute Gasteiger partial charge is 0.497 e. The molecule has 12 nitrogen and oxygen atoms in total. The Morgan fingerprint density at radius 2 is 2.02 bits per heavy atom. The van der Waals surface area contributed by atoms with Gasteiger partial charge < -0.3 is 29.3 Å². The summed E-state index contributed by atoms with van der Waals surface area (Å²) in [7, 11) is 1.50. The maximum absolute atomic E-state index is 15.8. The van der Waals surface area contributed by atoms with Crippen LogP contribution in [0.15, 0.2) is 36.5 Å². The zero-order chi connectivity index (χ0) is 30.0. The Bertz CT molecular complexity index is 1500. The monoisotopic (exact) mass is 579 g/mol. The molecule has 13 heteroatoms. The van der Waals surface area contributed by atoms with Crippen LogP contribution in [0, 0.1) is 5.82 Å². The van der Waals surface area contributed by atoms with E-state index < -0.39 is 17.4 Å². The molecule has 42 heavy (non-hydrogen) atoms. The lowest BCUT2D eigenvalue weighted by Gasteiger charge is -2.34. The van der Waals surface area contributed by atoms with Crippen molar-refractivity contribution in [3.05, 3.63) is 47.9 Å². The van der Waals surface area contributed by atoms with Crippen molar-refractivity contribution in [1.29, 1.82) is 0 Å². The summed E-state index contributed by atoms with van der Waals surface area (Å²) in [5.41, 5.74) is -0.271. The number of pyridine rings is 1. The van der Waals surface area contributed by atoms with Gasteiger partial charge in [-0.3, -0.25) is 10.1 Å². The van der Waals surface area contributed by atoms with Crippen molar-refractivity contribution >= 4 is 29.4 Å². The fourth-order valence-electron chi connectivity index (χ4n) is 4.95. The highest BCUT2D eigenvalue weighted by Crippen LogP contribution is 2.37. The average Bonchev–Trinajstić information content (AvgIpc) is 3.05. The Morgan fingerprint density at radius 3 is 2.74 bits per heavy atom. The van der Waals surface area contributed by atoms with Crippen LogP contribution in [-0.4, -0.2) is 83.4 Å². The zero-order valence-corrected chi connectivity index (χ0v) is 24.2. The molecule has 5 rings (SSSR count). The van der Waals surface area contributed by atoms with E-state index in [1.54, 1.807) is 17.0 Å². The minimum absolute atomic E-state index is 0.0414. The van der Waals surface area contributed by atoms with Crippen LogP contribution < -0.4 is 25.0 Å². The summed E-state index contributed by atoms with van der Waals surface area (Å²) < 4.78 is 32.8. The summed E-state index contributed by atoms with van der Waals surface area (Å²) in [6.45, 7) is 9.85. The van der Waals surface area contributed by atoms with Gasteiger partial charge in [-0.05, 0) is 52.0 Å². The van der Waals surface area contributed by atoms with Gasteiger partial charge in [-0.1, -0.05) is 0 Å². The number of carbonyl (C=O) groups excluding carboxylic acids is 2. The number of morpholine rings is 1.